The van der Waals surface area contributed by atoms with Crippen LogP contribution in [0.2, 0.25) is 0 Å². The van der Waals surface area contributed by atoms with E-state index in [1.807, 2.05) is 4.90 Å². The smallest absolute Gasteiger partial charge is 0.229 e. The molecule has 3 aliphatic carbocycles. The van der Waals surface area contributed by atoms with Crippen LogP contribution in [-0.4, -0.2) is 61.0 Å². The lowest BCUT2D eigenvalue weighted by Crippen LogP contribution is -2.77. The van der Waals surface area contributed by atoms with Crippen LogP contribution >= 0.6 is 0 Å². The summed E-state index contributed by atoms with van der Waals surface area (Å²) in [5, 5.41) is 0. The van der Waals surface area contributed by atoms with Gasteiger partial charge in [-0.05, 0) is 85.0 Å². The van der Waals surface area contributed by atoms with Gasteiger partial charge in [-0.25, -0.2) is 0 Å². The second kappa shape index (κ2) is 8.12. The van der Waals surface area contributed by atoms with Gasteiger partial charge in [-0.1, -0.05) is 6.92 Å². The number of carbonyl (C=O) groups excluding carboxylic acids is 1. The van der Waals surface area contributed by atoms with Crippen molar-refractivity contribution >= 4 is 5.91 Å². The Morgan fingerprint density at radius 3 is 2.14 bits per heavy atom. The van der Waals surface area contributed by atoms with Crippen molar-refractivity contribution in [3.63, 3.8) is 0 Å². The number of nitrogens with zero attached hydrogens (tertiary/aromatic N) is 1. The molecule has 1 atom stereocenters. The molecule has 3 saturated carbocycles. The fourth-order valence-corrected chi connectivity index (χ4v) is 5.33. The van der Waals surface area contributed by atoms with E-state index in [1.165, 1.54) is 0 Å². The van der Waals surface area contributed by atoms with Crippen LogP contribution in [-0.2, 0) is 19.0 Å². The third kappa shape index (κ3) is 4.99. The Morgan fingerprint density at radius 1 is 0.966 bits per heavy atom. The van der Waals surface area contributed by atoms with Crippen molar-refractivity contribution in [3.8, 4) is 0 Å². The van der Waals surface area contributed by atoms with Crippen LogP contribution in [0.3, 0.4) is 0 Å². The van der Waals surface area contributed by atoms with Gasteiger partial charge in [-0.15, -0.1) is 0 Å². The molecule has 0 spiro atoms. The van der Waals surface area contributed by atoms with Crippen LogP contribution in [0, 0.1) is 16.7 Å². The number of likely N-dealkylation sites (tertiary alicyclic amines) is 1. The van der Waals surface area contributed by atoms with E-state index in [1.54, 1.807) is 0 Å². The second-order valence-electron chi connectivity index (χ2n) is 11.7. The summed E-state index contributed by atoms with van der Waals surface area (Å²) in [6.07, 6.45) is 5.56. The Kier molecular flexibility index (Phi) is 6.45. The number of hydrogen-bond acceptors (Lipinski definition) is 4. The number of ether oxygens (including phenoxy) is 3. The van der Waals surface area contributed by atoms with E-state index >= 15 is 0 Å². The standard InChI is InChI=1S/C24H43NO4/c1-18-23(17-27-11-9-8-10-12-28-21(2,3)4)15-24(18,16-23)20(26)25-13-19(14-25)29-22(5,6)7/h18-19H,8-17H2,1-7H3/t18-,23?,24?/m1/s1. The van der Waals surface area contributed by atoms with Crippen LogP contribution in [0.15, 0.2) is 0 Å². The first-order valence-corrected chi connectivity index (χ1v) is 11.6. The molecule has 0 unspecified atom stereocenters. The molecule has 1 heterocycles. The maximum Gasteiger partial charge on any atom is 0.229 e. The van der Waals surface area contributed by atoms with Gasteiger partial charge in [-0.2, -0.15) is 0 Å². The Morgan fingerprint density at radius 2 is 1.59 bits per heavy atom. The molecule has 4 rings (SSSR count). The lowest BCUT2D eigenvalue weighted by atomic mass is 9.29. The van der Waals surface area contributed by atoms with Crippen molar-refractivity contribution in [3.05, 3.63) is 0 Å². The number of rotatable bonds is 10. The third-order valence-electron chi connectivity index (χ3n) is 7.02. The number of carbonyl (C=O) groups is 1. The van der Waals surface area contributed by atoms with Crippen LogP contribution in [0.1, 0.15) is 80.6 Å². The fourth-order valence-electron chi connectivity index (χ4n) is 5.33. The highest BCUT2D eigenvalue weighted by atomic mass is 16.5. The van der Waals surface area contributed by atoms with Gasteiger partial charge in [0, 0.05) is 26.3 Å². The molecule has 4 fully saturated rings. The summed E-state index contributed by atoms with van der Waals surface area (Å²) in [6.45, 7) is 18.7. The molecule has 0 N–H and O–H groups in total. The van der Waals surface area contributed by atoms with Crippen molar-refractivity contribution in [2.75, 3.05) is 32.9 Å². The summed E-state index contributed by atoms with van der Waals surface area (Å²) in [4.78, 5) is 15.0. The van der Waals surface area contributed by atoms with E-state index in [0.717, 1.165) is 65.0 Å². The van der Waals surface area contributed by atoms with Crippen molar-refractivity contribution in [1.82, 2.24) is 4.90 Å². The number of unbranched alkanes of at least 4 members (excludes halogenated alkanes) is 2. The third-order valence-corrected chi connectivity index (χ3v) is 7.02. The summed E-state index contributed by atoms with van der Waals surface area (Å²) in [5.41, 5.74) is -0.0112. The van der Waals surface area contributed by atoms with Gasteiger partial charge in [0.1, 0.15) is 0 Å². The average Bonchev–Trinajstić information content (AvgIpc) is 2.52. The molecule has 4 aliphatic rings. The summed E-state index contributed by atoms with van der Waals surface area (Å²) in [5.74, 6) is 0.810. The summed E-state index contributed by atoms with van der Waals surface area (Å²) in [7, 11) is 0. The van der Waals surface area contributed by atoms with Crippen molar-refractivity contribution in [1.29, 1.82) is 0 Å². The highest BCUT2D eigenvalue weighted by molar-refractivity contribution is 5.87. The Bertz CT molecular complexity index is 577. The van der Waals surface area contributed by atoms with Gasteiger partial charge >= 0.3 is 0 Å². The SMILES string of the molecule is C[C@@H]1C2(COCCCCCOC(C)(C)C)CC1(C(=O)N1CC(OC(C)(C)C)C1)C2. The normalized spacial score (nSPS) is 31.8. The zero-order valence-electron chi connectivity index (χ0n) is 19.8. The molecule has 1 aliphatic heterocycles. The molecule has 1 amide bonds. The molecule has 2 bridgehead atoms. The van der Waals surface area contributed by atoms with Gasteiger partial charge in [0.15, 0.2) is 0 Å². The quantitative estimate of drug-likeness (QED) is 0.501. The van der Waals surface area contributed by atoms with E-state index in [9.17, 15) is 4.79 Å². The minimum atomic E-state index is -0.134. The largest absolute Gasteiger partial charge is 0.381 e. The predicted molar refractivity (Wildman–Crippen MR) is 115 cm³/mol. The minimum absolute atomic E-state index is 0.0409. The maximum absolute atomic E-state index is 13.0. The van der Waals surface area contributed by atoms with Crippen LogP contribution in [0.25, 0.3) is 0 Å². The molecule has 5 nitrogen and oxygen atoms in total. The first-order valence-electron chi connectivity index (χ1n) is 11.6. The maximum atomic E-state index is 13.0. The predicted octanol–water partition coefficient (Wildman–Crippen LogP) is 4.43. The van der Waals surface area contributed by atoms with E-state index < -0.39 is 0 Å². The molecule has 0 aromatic rings. The number of amides is 1. The Hall–Kier alpha value is -0.650. The van der Waals surface area contributed by atoms with Gasteiger partial charge < -0.3 is 19.1 Å². The molecule has 0 aromatic heterocycles. The molecular weight excluding hydrogens is 366 g/mol. The van der Waals surface area contributed by atoms with Crippen LogP contribution in [0.5, 0.6) is 0 Å². The summed E-state index contributed by atoms with van der Waals surface area (Å²) < 4.78 is 17.7. The molecule has 1 saturated heterocycles. The summed E-state index contributed by atoms with van der Waals surface area (Å²) in [6, 6.07) is 0. The average molecular weight is 410 g/mol. The van der Waals surface area contributed by atoms with Gasteiger partial charge in [-0.3, -0.25) is 4.79 Å². The molecule has 29 heavy (non-hydrogen) atoms. The molecule has 0 radical (unpaired) electrons. The monoisotopic (exact) mass is 409 g/mol. The van der Waals surface area contributed by atoms with E-state index in [4.69, 9.17) is 14.2 Å². The van der Waals surface area contributed by atoms with Crippen LogP contribution in [0.4, 0.5) is 0 Å². The highest BCUT2D eigenvalue weighted by Crippen LogP contribution is 2.77. The van der Waals surface area contributed by atoms with E-state index in [0.29, 0.717) is 11.8 Å². The second-order valence-corrected chi connectivity index (χ2v) is 11.7. The highest BCUT2D eigenvalue weighted by Gasteiger charge is 2.77. The van der Waals surface area contributed by atoms with Gasteiger partial charge in [0.05, 0.1) is 29.3 Å². The molecule has 168 valence electrons. The minimum Gasteiger partial charge on any atom is -0.381 e. The topological polar surface area (TPSA) is 48.0 Å². The first-order chi connectivity index (χ1) is 13.4. The van der Waals surface area contributed by atoms with E-state index in [2.05, 4.69) is 48.5 Å². The van der Waals surface area contributed by atoms with E-state index in [-0.39, 0.29) is 28.1 Å². The lowest BCUT2D eigenvalue weighted by Gasteiger charge is -2.75. The van der Waals surface area contributed by atoms with Crippen molar-refractivity contribution in [2.45, 2.75) is 97.9 Å². The van der Waals surface area contributed by atoms with Crippen molar-refractivity contribution in [2.24, 2.45) is 16.7 Å². The first kappa shape index (κ1) is 23.0. The summed E-state index contributed by atoms with van der Waals surface area (Å²) >= 11 is 0. The fraction of sp³-hybridized carbons (Fsp3) is 0.958. The Balaban J connectivity index is 1.28. The van der Waals surface area contributed by atoms with Crippen molar-refractivity contribution < 1.29 is 19.0 Å². The zero-order valence-corrected chi connectivity index (χ0v) is 19.8. The molecule has 0 aromatic carbocycles. The van der Waals surface area contributed by atoms with Crippen LogP contribution < -0.4 is 0 Å². The molecular formula is C24H43NO4. The molecule has 5 heteroatoms. The lowest BCUT2D eigenvalue weighted by molar-refractivity contribution is -0.285. The Labute approximate surface area is 177 Å². The number of hydrogen-bond donors (Lipinski definition) is 0. The van der Waals surface area contributed by atoms with Gasteiger partial charge in [0.25, 0.3) is 0 Å². The van der Waals surface area contributed by atoms with Gasteiger partial charge in [0.2, 0.25) is 5.91 Å². The zero-order chi connectivity index (χ0) is 21.5.